The van der Waals surface area contributed by atoms with Gasteiger partial charge in [0.15, 0.2) is 0 Å². The number of piperidine rings is 1. The van der Waals surface area contributed by atoms with Crippen molar-refractivity contribution in [2.45, 2.75) is 32.2 Å². The van der Waals surface area contributed by atoms with Gasteiger partial charge in [-0.05, 0) is 55.0 Å². The van der Waals surface area contributed by atoms with Crippen LogP contribution < -0.4 is 0 Å². The second-order valence-corrected chi connectivity index (χ2v) is 8.62. The third kappa shape index (κ3) is 4.44. The van der Waals surface area contributed by atoms with E-state index in [0.29, 0.717) is 24.7 Å². The van der Waals surface area contributed by atoms with Crippen LogP contribution in [0.5, 0.6) is 0 Å². The summed E-state index contributed by atoms with van der Waals surface area (Å²) in [6, 6.07) is 9.95. The van der Waals surface area contributed by atoms with E-state index < -0.39 is 0 Å². The fourth-order valence-corrected chi connectivity index (χ4v) is 4.48. The average Bonchev–Trinajstić information content (AvgIpc) is 3.57. The van der Waals surface area contributed by atoms with Crippen LogP contribution >= 0.6 is 11.3 Å². The van der Waals surface area contributed by atoms with E-state index in [9.17, 15) is 4.79 Å². The minimum Gasteiger partial charge on any atom is -0.343 e. The Morgan fingerprint density at radius 3 is 2.90 bits per heavy atom. The number of rotatable bonds is 6. The second-order valence-electron chi connectivity index (χ2n) is 7.64. The molecule has 1 aliphatic heterocycles. The fraction of sp³-hybridized carbons (Fsp3) is 0.304. The van der Waals surface area contributed by atoms with Gasteiger partial charge in [-0.25, -0.2) is 4.98 Å². The highest BCUT2D eigenvalue weighted by Gasteiger charge is 2.17. The van der Waals surface area contributed by atoms with E-state index in [0.717, 1.165) is 47.4 Å². The number of likely N-dealkylation sites (tertiary alicyclic amines) is 1. The first-order valence-corrected chi connectivity index (χ1v) is 11.4. The van der Waals surface area contributed by atoms with Gasteiger partial charge in [0.1, 0.15) is 0 Å². The van der Waals surface area contributed by atoms with Crippen molar-refractivity contribution >= 4 is 40.4 Å². The minimum absolute atomic E-state index is 0.230. The molecule has 1 saturated heterocycles. The highest BCUT2D eigenvalue weighted by atomic mass is 32.1. The van der Waals surface area contributed by atoms with E-state index in [1.807, 2.05) is 57.3 Å². The summed E-state index contributed by atoms with van der Waals surface area (Å²) in [7, 11) is 0. The summed E-state index contributed by atoms with van der Waals surface area (Å²) in [5, 5.41) is 6.12. The Bertz CT molecular complexity index is 1200. The van der Waals surface area contributed by atoms with Gasteiger partial charge in [-0.2, -0.15) is 4.98 Å². The van der Waals surface area contributed by atoms with E-state index >= 15 is 0 Å². The molecular weight excluding hydrogens is 410 g/mol. The number of carbonyl (C=O) groups is 1. The fourth-order valence-electron chi connectivity index (χ4n) is 3.86. The lowest BCUT2D eigenvalue weighted by atomic mass is 10.1. The van der Waals surface area contributed by atoms with E-state index in [2.05, 4.69) is 15.1 Å². The van der Waals surface area contributed by atoms with Gasteiger partial charge in [0.2, 0.25) is 11.7 Å². The third-order valence-electron chi connectivity index (χ3n) is 5.53. The summed E-state index contributed by atoms with van der Waals surface area (Å²) in [4.78, 5) is 24.5. The summed E-state index contributed by atoms with van der Waals surface area (Å²) < 4.78 is 7.38. The molecule has 1 aliphatic rings. The van der Waals surface area contributed by atoms with Gasteiger partial charge in [-0.15, -0.1) is 11.3 Å². The van der Waals surface area contributed by atoms with E-state index in [4.69, 9.17) is 4.52 Å². The monoisotopic (exact) mass is 433 g/mol. The first kappa shape index (κ1) is 19.7. The van der Waals surface area contributed by atoms with Crippen molar-refractivity contribution in [2.75, 3.05) is 13.1 Å². The molecule has 4 aromatic rings. The lowest BCUT2D eigenvalue weighted by Crippen LogP contribution is -2.35. The van der Waals surface area contributed by atoms with Gasteiger partial charge in [-0.3, -0.25) is 4.79 Å². The van der Waals surface area contributed by atoms with Crippen molar-refractivity contribution in [3.63, 3.8) is 0 Å². The number of imidazole rings is 1. The number of thiophene rings is 1. The lowest BCUT2D eigenvalue weighted by molar-refractivity contribution is -0.132. The Balaban J connectivity index is 1.27. The number of hydrogen-bond acceptors (Lipinski definition) is 6. The molecular formula is C23H23N5O2S. The zero-order valence-electron chi connectivity index (χ0n) is 17.1. The van der Waals surface area contributed by atoms with Crippen LogP contribution in [0.25, 0.3) is 34.6 Å². The Kier molecular flexibility index (Phi) is 5.62. The molecule has 158 valence electrons. The maximum Gasteiger partial charge on any atom is 0.250 e. The molecule has 0 bridgehead atoms. The van der Waals surface area contributed by atoms with E-state index in [1.54, 1.807) is 17.7 Å². The zero-order valence-corrected chi connectivity index (χ0v) is 17.9. The topological polar surface area (TPSA) is 77.0 Å². The third-order valence-corrected chi connectivity index (χ3v) is 6.37. The summed E-state index contributed by atoms with van der Waals surface area (Å²) >= 11 is 1.65. The molecule has 1 fully saturated rings. The van der Waals surface area contributed by atoms with Gasteiger partial charge < -0.3 is 14.0 Å². The van der Waals surface area contributed by atoms with Crippen molar-refractivity contribution in [3.05, 3.63) is 52.8 Å². The van der Waals surface area contributed by atoms with Crippen molar-refractivity contribution in [3.8, 4) is 11.4 Å². The number of aromatic nitrogens is 4. The molecule has 5 rings (SSSR count). The van der Waals surface area contributed by atoms with Crippen LogP contribution in [0.2, 0.25) is 0 Å². The molecule has 1 aromatic carbocycles. The SMILES string of the molecule is O=C(CCn1cnc2cc(-c3noc(C=Cc4cccs4)n3)ccc21)N1CCCCC1. The number of fused-ring (bicyclic) bond motifs is 1. The number of aryl methyl sites for hydroxylation is 1. The van der Waals surface area contributed by atoms with Crippen LogP contribution in [0, 0.1) is 0 Å². The summed E-state index contributed by atoms with van der Waals surface area (Å²) in [5.74, 6) is 1.22. The van der Waals surface area contributed by atoms with Gasteiger partial charge in [0.25, 0.3) is 5.89 Å². The Morgan fingerprint density at radius 1 is 1.16 bits per heavy atom. The summed E-state index contributed by atoms with van der Waals surface area (Å²) in [6.07, 6.45) is 9.52. The van der Waals surface area contributed by atoms with Crippen molar-refractivity contribution in [1.29, 1.82) is 0 Å². The number of hydrogen-bond donors (Lipinski definition) is 0. The van der Waals surface area contributed by atoms with Crippen molar-refractivity contribution < 1.29 is 9.32 Å². The predicted molar refractivity (Wildman–Crippen MR) is 121 cm³/mol. The Morgan fingerprint density at radius 2 is 2.06 bits per heavy atom. The molecule has 8 heteroatoms. The number of amides is 1. The van der Waals surface area contributed by atoms with Gasteiger partial charge in [-0.1, -0.05) is 11.2 Å². The highest BCUT2D eigenvalue weighted by molar-refractivity contribution is 7.10. The minimum atomic E-state index is 0.230. The predicted octanol–water partition coefficient (Wildman–Crippen LogP) is 4.72. The van der Waals surface area contributed by atoms with E-state index in [-0.39, 0.29) is 5.91 Å². The largest absolute Gasteiger partial charge is 0.343 e. The normalized spacial score (nSPS) is 14.6. The standard InChI is InChI=1S/C23H23N5O2S/c29-22(27-11-2-1-3-12-27)10-13-28-16-24-19-15-17(6-8-20(19)28)23-25-21(30-26-23)9-7-18-5-4-14-31-18/h4-9,14-16H,1-3,10-13H2. The Hall–Kier alpha value is -3.26. The summed E-state index contributed by atoms with van der Waals surface area (Å²) in [5.41, 5.74) is 2.70. The van der Waals surface area contributed by atoms with Gasteiger partial charge >= 0.3 is 0 Å². The highest BCUT2D eigenvalue weighted by Crippen LogP contribution is 2.23. The maximum absolute atomic E-state index is 12.5. The molecule has 0 aliphatic carbocycles. The molecule has 0 unspecified atom stereocenters. The Labute approximate surface area is 184 Å². The number of benzene rings is 1. The van der Waals surface area contributed by atoms with Crippen LogP contribution in [0.15, 0.2) is 46.6 Å². The van der Waals surface area contributed by atoms with E-state index in [1.165, 1.54) is 6.42 Å². The molecule has 0 saturated carbocycles. The quantitative estimate of drug-likeness (QED) is 0.440. The maximum atomic E-state index is 12.5. The molecule has 31 heavy (non-hydrogen) atoms. The summed E-state index contributed by atoms with van der Waals surface area (Å²) in [6.45, 7) is 2.41. The average molecular weight is 434 g/mol. The van der Waals surface area contributed by atoms with Gasteiger partial charge in [0.05, 0.1) is 17.4 Å². The van der Waals surface area contributed by atoms with Crippen LogP contribution in [0.4, 0.5) is 0 Å². The first-order chi connectivity index (χ1) is 15.3. The molecule has 0 atom stereocenters. The first-order valence-electron chi connectivity index (χ1n) is 10.5. The lowest BCUT2D eigenvalue weighted by Gasteiger charge is -2.26. The number of carbonyl (C=O) groups excluding carboxylic acids is 1. The molecule has 4 heterocycles. The molecule has 1 amide bonds. The molecule has 0 spiro atoms. The van der Waals surface area contributed by atoms with Gasteiger partial charge in [0, 0.05) is 42.6 Å². The number of nitrogens with zero attached hydrogens (tertiary/aromatic N) is 5. The molecule has 3 aromatic heterocycles. The van der Waals surface area contributed by atoms with Crippen LogP contribution in [-0.4, -0.2) is 43.6 Å². The molecule has 0 radical (unpaired) electrons. The van der Waals surface area contributed by atoms with Crippen LogP contribution in [0.3, 0.4) is 0 Å². The van der Waals surface area contributed by atoms with Crippen molar-refractivity contribution in [2.24, 2.45) is 0 Å². The van der Waals surface area contributed by atoms with Crippen LogP contribution in [-0.2, 0) is 11.3 Å². The zero-order chi connectivity index (χ0) is 21.0. The smallest absolute Gasteiger partial charge is 0.250 e. The second kappa shape index (κ2) is 8.85. The molecule has 7 nitrogen and oxygen atoms in total. The van der Waals surface area contributed by atoms with Crippen molar-refractivity contribution in [1.82, 2.24) is 24.6 Å². The van der Waals surface area contributed by atoms with Crippen LogP contribution in [0.1, 0.15) is 36.5 Å². The molecule has 0 N–H and O–H groups in total.